The maximum atomic E-state index is 4.27. The smallest absolute Gasteiger partial charge is 0.0492 e. The lowest BCUT2D eigenvalue weighted by atomic mass is 9.97. The van der Waals surface area contributed by atoms with Gasteiger partial charge in [0.15, 0.2) is 0 Å². The predicted octanol–water partition coefficient (Wildman–Crippen LogP) is 1.96. The fourth-order valence-corrected chi connectivity index (χ4v) is 4.04. The van der Waals surface area contributed by atoms with Crippen LogP contribution in [0.5, 0.6) is 0 Å². The highest BCUT2D eigenvalue weighted by Crippen LogP contribution is 2.35. The average Bonchev–Trinajstić information content (AvgIpc) is 2.95. The molecule has 0 spiro atoms. The average molecular weight is 276 g/mol. The molecule has 2 fully saturated rings. The van der Waals surface area contributed by atoms with E-state index in [0.717, 1.165) is 24.5 Å². The van der Waals surface area contributed by atoms with Gasteiger partial charge in [-0.3, -0.25) is 9.58 Å². The highest BCUT2D eigenvalue weighted by Gasteiger charge is 2.39. The minimum Gasteiger partial charge on any atom is -0.314 e. The molecular weight excluding hydrogens is 248 g/mol. The minimum absolute atomic E-state index is 0.764. The largest absolute Gasteiger partial charge is 0.314 e. The lowest BCUT2D eigenvalue weighted by Gasteiger charge is -2.39. The summed E-state index contributed by atoms with van der Waals surface area (Å²) in [4.78, 5) is 2.77. The summed E-state index contributed by atoms with van der Waals surface area (Å²) < 4.78 is 2.01. The summed E-state index contributed by atoms with van der Waals surface area (Å²) in [5, 5.41) is 8.00. The van der Waals surface area contributed by atoms with Crippen molar-refractivity contribution < 1.29 is 0 Å². The minimum atomic E-state index is 0.764. The first-order valence-corrected chi connectivity index (χ1v) is 8.24. The zero-order valence-corrected chi connectivity index (χ0v) is 12.9. The van der Waals surface area contributed by atoms with Crippen LogP contribution in [-0.2, 0) is 13.5 Å². The number of rotatable bonds is 6. The Morgan fingerprint density at radius 1 is 1.30 bits per heavy atom. The Labute approximate surface area is 122 Å². The molecule has 112 valence electrons. The number of fused-ring (bicyclic) bond motifs is 2. The van der Waals surface area contributed by atoms with Crippen LogP contribution in [-0.4, -0.2) is 45.9 Å². The van der Waals surface area contributed by atoms with Gasteiger partial charge in [-0.05, 0) is 44.7 Å². The van der Waals surface area contributed by atoms with E-state index in [4.69, 9.17) is 0 Å². The third-order valence-corrected chi connectivity index (χ3v) is 5.12. The molecule has 2 unspecified atom stereocenters. The predicted molar refractivity (Wildman–Crippen MR) is 81.7 cm³/mol. The molecule has 0 amide bonds. The van der Waals surface area contributed by atoms with Gasteiger partial charge in [0.2, 0.25) is 0 Å². The topological polar surface area (TPSA) is 33.1 Å². The molecule has 2 aliphatic rings. The van der Waals surface area contributed by atoms with Crippen molar-refractivity contribution in [2.45, 2.75) is 63.6 Å². The van der Waals surface area contributed by atoms with Gasteiger partial charge in [-0.15, -0.1) is 0 Å². The van der Waals surface area contributed by atoms with Gasteiger partial charge in [0.25, 0.3) is 0 Å². The number of aromatic nitrogens is 2. The van der Waals surface area contributed by atoms with Crippen molar-refractivity contribution in [1.82, 2.24) is 20.0 Å². The number of nitrogens with one attached hydrogen (secondary N) is 1. The molecule has 3 rings (SSSR count). The third-order valence-electron chi connectivity index (χ3n) is 5.12. The van der Waals surface area contributed by atoms with Gasteiger partial charge in [0.1, 0.15) is 0 Å². The quantitative estimate of drug-likeness (QED) is 0.862. The SMILES string of the molecule is CCCNC1CC2CCC(C1)N2CCc1ccnn1C. The summed E-state index contributed by atoms with van der Waals surface area (Å²) in [6.45, 7) is 4.64. The van der Waals surface area contributed by atoms with E-state index in [9.17, 15) is 0 Å². The van der Waals surface area contributed by atoms with Crippen LogP contribution in [0.25, 0.3) is 0 Å². The van der Waals surface area contributed by atoms with Gasteiger partial charge in [-0.2, -0.15) is 5.10 Å². The van der Waals surface area contributed by atoms with Gasteiger partial charge < -0.3 is 5.32 Å². The second-order valence-corrected chi connectivity index (χ2v) is 6.44. The molecular formula is C16H28N4. The molecule has 4 heteroatoms. The molecule has 2 aliphatic heterocycles. The number of nitrogens with zero attached hydrogens (tertiary/aromatic N) is 3. The van der Waals surface area contributed by atoms with E-state index in [0.29, 0.717) is 0 Å². The van der Waals surface area contributed by atoms with Crippen molar-refractivity contribution >= 4 is 0 Å². The van der Waals surface area contributed by atoms with Crippen molar-refractivity contribution in [2.24, 2.45) is 7.05 Å². The van der Waals surface area contributed by atoms with Gasteiger partial charge in [0, 0.05) is 50.0 Å². The Hall–Kier alpha value is -0.870. The highest BCUT2D eigenvalue weighted by atomic mass is 15.3. The Balaban J connectivity index is 1.53. The molecule has 4 nitrogen and oxygen atoms in total. The maximum Gasteiger partial charge on any atom is 0.0492 e. The standard InChI is InChI=1S/C16H28N4/c1-3-8-17-13-11-15-4-5-16(12-13)20(15)10-7-14-6-9-18-19(14)2/h6,9,13,15-17H,3-5,7-8,10-12H2,1-2H3. The fourth-order valence-electron chi connectivity index (χ4n) is 4.04. The zero-order chi connectivity index (χ0) is 13.9. The molecule has 0 aromatic carbocycles. The van der Waals surface area contributed by atoms with Gasteiger partial charge in [-0.1, -0.05) is 6.92 Å². The summed E-state index contributed by atoms with van der Waals surface area (Å²) in [5.74, 6) is 0. The van der Waals surface area contributed by atoms with Crippen molar-refractivity contribution in [1.29, 1.82) is 0 Å². The van der Waals surface area contributed by atoms with E-state index in [2.05, 4.69) is 28.3 Å². The Morgan fingerprint density at radius 3 is 2.65 bits per heavy atom. The van der Waals surface area contributed by atoms with Gasteiger partial charge in [0.05, 0.1) is 0 Å². The highest BCUT2D eigenvalue weighted by molar-refractivity contribution is 5.03. The first kappa shape index (κ1) is 14.1. The third kappa shape index (κ3) is 2.91. The summed E-state index contributed by atoms with van der Waals surface area (Å²) >= 11 is 0. The maximum absolute atomic E-state index is 4.27. The molecule has 2 atom stereocenters. The first-order valence-electron chi connectivity index (χ1n) is 8.24. The lowest BCUT2D eigenvalue weighted by Crippen LogP contribution is -2.49. The van der Waals surface area contributed by atoms with E-state index < -0.39 is 0 Å². The number of piperidine rings is 1. The molecule has 20 heavy (non-hydrogen) atoms. The van der Waals surface area contributed by atoms with E-state index in [1.807, 2.05) is 17.9 Å². The van der Waals surface area contributed by atoms with Crippen molar-refractivity contribution in [3.8, 4) is 0 Å². The van der Waals surface area contributed by atoms with Crippen LogP contribution < -0.4 is 5.32 Å². The van der Waals surface area contributed by atoms with E-state index in [-0.39, 0.29) is 0 Å². The van der Waals surface area contributed by atoms with Crippen LogP contribution in [0.3, 0.4) is 0 Å². The van der Waals surface area contributed by atoms with Gasteiger partial charge >= 0.3 is 0 Å². The van der Waals surface area contributed by atoms with E-state index in [1.54, 1.807) is 0 Å². The number of hydrogen-bond donors (Lipinski definition) is 1. The molecule has 0 saturated carbocycles. The van der Waals surface area contributed by atoms with Crippen molar-refractivity contribution in [3.05, 3.63) is 18.0 Å². The van der Waals surface area contributed by atoms with Crippen LogP contribution in [0.2, 0.25) is 0 Å². The molecule has 2 saturated heterocycles. The van der Waals surface area contributed by atoms with Crippen LogP contribution >= 0.6 is 0 Å². The molecule has 1 aromatic rings. The Bertz CT molecular complexity index is 414. The zero-order valence-electron chi connectivity index (χ0n) is 12.9. The second-order valence-electron chi connectivity index (χ2n) is 6.44. The fraction of sp³-hybridized carbons (Fsp3) is 0.812. The molecule has 1 aromatic heterocycles. The van der Waals surface area contributed by atoms with Gasteiger partial charge in [-0.25, -0.2) is 0 Å². The summed E-state index contributed by atoms with van der Waals surface area (Å²) in [6, 6.07) is 4.55. The summed E-state index contributed by atoms with van der Waals surface area (Å²) in [7, 11) is 2.05. The molecule has 0 radical (unpaired) electrons. The molecule has 2 bridgehead atoms. The summed E-state index contributed by atoms with van der Waals surface area (Å²) in [6.07, 6.45) is 9.79. The van der Waals surface area contributed by atoms with Crippen LogP contribution in [0.1, 0.15) is 44.7 Å². The lowest BCUT2D eigenvalue weighted by molar-refractivity contribution is 0.118. The number of hydrogen-bond acceptors (Lipinski definition) is 3. The number of aryl methyl sites for hydroxylation is 1. The van der Waals surface area contributed by atoms with E-state index >= 15 is 0 Å². The Morgan fingerprint density at radius 2 is 2.05 bits per heavy atom. The normalized spacial score (nSPS) is 30.0. The van der Waals surface area contributed by atoms with Crippen LogP contribution in [0, 0.1) is 0 Å². The molecule has 1 N–H and O–H groups in total. The molecule has 0 aliphatic carbocycles. The van der Waals surface area contributed by atoms with Crippen LogP contribution in [0.4, 0.5) is 0 Å². The first-order chi connectivity index (χ1) is 9.78. The van der Waals surface area contributed by atoms with Crippen LogP contribution in [0.15, 0.2) is 12.3 Å². The van der Waals surface area contributed by atoms with Crippen molar-refractivity contribution in [3.63, 3.8) is 0 Å². The Kier molecular flexibility index (Phi) is 4.41. The summed E-state index contributed by atoms with van der Waals surface area (Å²) in [5.41, 5.74) is 1.36. The molecule has 3 heterocycles. The monoisotopic (exact) mass is 276 g/mol. The van der Waals surface area contributed by atoms with Crippen molar-refractivity contribution in [2.75, 3.05) is 13.1 Å². The van der Waals surface area contributed by atoms with E-state index in [1.165, 1.54) is 50.9 Å². The second kappa shape index (κ2) is 6.27.